The Morgan fingerprint density at radius 2 is 2.00 bits per heavy atom. The molecule has 2 aromatic rings. The van der Waals surface area contributed by atoms with Crippen LogP contribution < -0.4 is 5.32 Å². The summed E-state index contributed by atoms with van der Waals surface area (Å²) in [6.45, 7) is 2.93. The smallest absolute Gasteiger partial charge is 0.381 e. The number of amides is 1. The summed E-state index contributed by atoms with van der Waals surface area (Å²) in [5.74, 6) is -1.63. The molecule has 12 heteroatoms. The van der Waals surface area contributed by atoms with E-state index in [2.05, 4.69) is 15.4 Å². The molecule has 3 aliphatic rings. The number of rotatable bonds is 4. The van der Waals surface area contributed by atoms with Gasteiger partial charge in [0.15, 0.2) is 5.84 Å². The van der Waals surface area contributed by atoms with E-state index < -0.39 is 35.0 Å². The largest absolute Gasteiger partial charge is 0.419 e. The van der Waals surface area contributed by atoms with Crippen LogP contribution in [0.4, 0.5) is 17.6 Å². The van der Waals surface area contributed by atoms with E-state index >= 15 is 0 Å². The fourth-order valence-electron chi connectivity index (χ4n) is 4.71. The van der Waals surface area contributed by atoms with Gasteiger partial charge in [-0.15, -0.1) is 0 Å². The molecular formula is C24H24F4N6O2. The maximum Gasteiger partial charge on any atom is 0.419 e. The number of nitrogens with zero attached hydrogens (tertiary/aromatic N) is 5. The van der Waals surface area contributed by atoms with E-state index in [1.54, 1.807) is 35.2 Å². The molecule has 1 aromatic carbocycles. The summed E-state index contributed by atoms with van der Waals surface area (Å²) in [4.78, 5) is 18.1. The molecule has 1 amide bonds. The molecule has 0 aliphatic carbocycles. The lowest BCUT2D eigenvalue weighted by molar-refractivity contribution is -0.140. The first kappa shape index (κ1) is 24.2. The molecule has 190 valence electrons. The Balaban J connectivity index is 1.47. The molecule has 0 unspecified atom stereocenters. The Hall–Kier alpha value is -3.54. The van der Waals surface area contributed by atoms with E-state index in [-0.39, 0.29) is 11.1 Å². The number of benzene rings is 1. The second-order valence-corrected chi connectivity index (χ2v) is 9.14. The number of hydrogen-bond donors (Lipinski definition) is 1. The standard InChI is InChI=1S/C24H24F4N6O2/c1-14(16-4-3-5-18(20(16)25)24(26,27)28)31-22(35)17-10-19(15-11-30-33(2)12-15)32-34-21(17)29-13-23(34)6-8-36-9-7-23/h3-5,10-12,14H,6-9,13H2,1-2H3,(H,31,35)/t14-/m1/s1. The number of hydrogen-bond acceptors (Lipinski definition) is 6. The van der Waals surface area contributed by atoms with Gasteiger partial charge >= 0.3 is 6.18 Å². The normalized spacial score (nSPS) is 19.9. The van der Waals surface area contributed by atoms with Gasteiger partial charge in [-0.05, 0) is 31.9 Å². The number of hydrazone groups is 1. The van der Waals surface area contributed by atoms with Crippen LogP contribution in [0.15, 0.2) is 52.3 Å². The maximum absolute atomic E-state index is 14.7. The van der Waals surface area contributed by atoms with E-state index in [4.69, 9.17) is 9.84 Å². The number of aryl methyl sites for hydroxylation is 1. The van der Waals surface area contributed by atoms with Crippen LogP contribution in [0.25, 0.3) is 0 Å². The number of nitrogens with one attached hydrogen (secondary N) is 1. The fourth-order valence-corrected chi connectivity index (χ4v) is 4.71. The molecule has 8 nitrogen and oxygen atoms in total. The molecule has 1 spiro atoms. The molecule has 1 atom stereocenters. The zero-order chi connectivity index (χ0) is 25.7. The van der Waals surface area contributed by atoms with Crippen molar-refractivity contribution < 1.29 is 27.1 Å². The van der Waals surface area contributed by atoms with E-state index in [0.717, 1.165) is 6.07 Å². The van der Waals surface area contributed by atoms with E-state index in [1.807, 2.05) is 0 Å². The molecule has 3 aliphatic heterocycles. The van der Waals surface area contributed by atoms with Crippen molar-refractivity contribution in [1.29, 1.82) is 0 Å². The summed E-state index contributed by atoms with van der Waals surface area (Å²) >= 11 is 0. The Labute approximate surface area is 204 Å². The van der Waals surface area contributed by atoms with Gasteiger partial charge < -0.3 is 10.1 Å². The number of halogens is 4. The van der Waals surface area contributed by atoms with E-state index in [9.17, 15) is 22.4 Å². The number of amidine groups is 1. The van der Waals surface area contributed by atoms with Crippen LogP contribution in [0.2, 0.25) is 0 Å². The van der Waals surface area contributed by atoms with Gasteiger partial charge in [-0.2, -0.15) is 23.4 Å². The van der Waals surface area contributed by atoms with Gasteiger partial charge in [0.25, 0.3) is 5.91 Å². The van der Waals surface area contributed by atoms with Gasteiger partial charge in [0.2, 0.25) is 0 Å². The van der Waals surface area contributed by atoms with Crippen LogP contribution in [0.1, 0.15) is 42.5 Å². The number of ether oxygens (including phenoxy) is 1. The molecule has 5 rings (SSSR count). The summed E-state index contributed by atoms with van der Waals surface area (Å²) in [5, 5.41) is 13.4. The first-order chi connectivity index (χ1) is 17.1. The predicted octanol–water partition coefficient (Wildman–Crippen LogP) is 3.36. The number of aliphatic imine (C=N–C) groups is 1. The molecule has 1 N–H and O–H groups in total. The monoisotopic (exact) mass is 504 g/mol. The van der Waals surface area contributed by atoms with E-state index in [0.29, 0.717) is 55.8 Å². The minimum Gasteiger partial charge on any atom is -0.381 e. The molecule has 1 fully saturated rings. The van der Waals surface area contributed by atoms with Crippen molar-refractivity contribution in [3.8, 4) is 0 Å². The predicted molar refractivity (Wildman–Crippen MR) is 123 cm³/mol. The third-order valence-electron chi connectivity index (χ3n) is 6.72. The van der Waals surface area contributed by atoms with Crippen LogP contribution >= 0.6 is 0 Å². The molecule has 36 heavy (non-hydrogen) atoms. The van der Waals surface area contributed by atoms with Gasteiger partial charge in [0, 0.05) is 37.6 Å². The SMILES string of the molecule is C[C@@H](NC(=O)C1=CC(c2cnn(C)c2)=NN2C1=NCC21CCOCC1)c1cccc(C(F)(F)F)c1F. The molecule has 0 radical (unpaired) electrons. The van der Waals surface area contributed by atoms with Gasteiger partial charge in [-0.3, -0.25) is 14.5 Å². The Morgan fingerprint density at radius 3 is 2.67 bits per heavy atom. The van der Waals surface area contributed by atoms with Crippen molar-refractivity contribution in [2.75, 3.05) is 19.8 Å². The molecule has 0 saturated carbocycles. The third kappa shape index (κ3) is 4.19. The van der Waals surface area contributed by atoms with Crippen LogP contribution in [0, 0.1) is 5.82 Å². The Bertz CT molecular complexity index is 1290. The van der Waals surface area contributed by atoms with Gasteiger partial charge in [-0.25, -0.2) is 9.40 Å². The number of aromatic nitrogens is 2. The molecule has 4 heterocycles. The average molecular weight is 504 g/mol. The molecule has 1 aromatic heterocycles. The highest BCUT2D eigenvalue weighted by Crippen LogP contribution is 2.38. The van der Waals surface area contributed by atoms with Crippen molar-refractivity contribution in [3.63, 3.8) is 0 Å². The van der Waals surface area contributed by atoms with Crippen LogP contribution in [-0.2, 0) is 22.8 Å². The fraction of sp³-hybridized carbons (Fsp3) is 0.417. The van der Waals surface area contributed by atoms with Crippen molar-refractivity contribution >= 4 is 17.5 Å². The lowest BCUT2D eigenvalue weighted by atomic mass is 9.89. The molecule has 1 saturated heterocycles. The highest BCUT2D eigenvalue weighted by Gasteiger charge is 2.48. The summed E-state index contributed by atoms with van der Waals surface area (Å²) < 4.78 is 61.4. The third-order valence-corrected chi connectivity index (χ3v) is 6.72. The van der Waals surface area contributed by atoms with Crippen molar-refractivity contribution in [1.82, 2.24) is 20.1 Å². The number of carbonyl (C=O) groups is 1. The molecular weight excluding hydrogens is 480 g/mol. The highest BCUT2D eigenvalue weighted by atomic mass is 19.4. The van der Waals surface area contributed by atoms with Crippen LogP contribution in [-0.4, -0.2) is 57.5 Å². The van der Waals surface area contributed by atoms with Crippen LogP contribution in [0.5, 0.6) is 0 Å². The summed E-state index contributed by atoms with van der Waals surface area (Å²) in [5.41, 5.74) is -0.685. The molecule has 0 bridgehead atoms. The maximum atomic E-state index is 14.7. The average Bonchev–Trinajstić information content (AvgIpc) is 3.42. The van der Waals surface area contributed by atoms with Gasteiger partial charge in [0.1, 0.15) is 5.82 Å². The topological polar surface area (TPSA) is 84.1 Å². The zero-order valence-electron chi connectivity index (χ0n) is 19.6. The first-order valence-electron chi connectivity index (χ1n) is 11.5. The van der Waals surface area contributed by atoms with Crippen LogP contribution in [0.3, 0.4) is 0 Å². The Morgan fingerprint density at radius 1 is 1.25 bits per heavy atom. The lowest BCUT2D eigenvalue weighted by Gasteiger charge is -2.40. The number of fused-ring (bicyclic) bond motifs is 2. The van der Waals surface area contributed by atoms with Crippen molar-refractivity contribution in [3.05, 3.63) is 64.7 Å². The quantitative estimate of drug-likeness (QED) is 0.648. The van der Waals surface area contributed by atoms with Gasteiger partial charge in [-0.1, -0.05) is 12.1 Å². The van der Waals surface area contributed by atoms with Crippen molar-refractivity contribution in [2.45, 2.75) is 37.5 Å². The zero-order valence-corrected chi connectivity index (χ0v) is 19.6. The summed E-state index contributed by atoms with van der Waals surface area (Å²) in [7, 11) is 1.76. The number of allylic oxidation sites excluding steroid dienone is 1. The lowest BCUT2D eigenvalue weighted by Crippen LogP contribution is -2.52. The second-order valence-electron chi connectivity index (χ2n) is 9.14. The summed E-state index contributed by atoms with van der Waals surface area (Å²) in [6.07, 6.45) is 1.47. The number of carbonyl (C=O) groups excluding carboxylic acids is 1. The second kappa shape index (κ2) is 8.84. The van der Waals surface area contributed by atoms with Gasteiger partial charge in [0.05, 0.1) is 41.2 Å². The number of alkyl halides is 3. The minimum absolute atomic E-state index is 0.200. The first-order valence-corrected chi connectivity index (χ1v) is 11.5. The Kier molecular flexibility index (Phi) is 5.93. The van der Waals surface area contributed by atoms with Crippen molar-refractivity contribution in [2.24, 2.45) is 17.1 Å². The summed E-state index contributed by atoms with van der Waals surface area (Å²) in [6, 6.07) is 1.98. The minimum atomic E-state index is -4.85. The van der Waals surface area contributed by atoms with E-state index in [1.165, 1.54) is 13.0 Å². The highest BCUT2D eigenvalue weighted by molar-refractivity contribution is 6.28.